The van der Waals surface area contributed by atoms with Crippen LogP contribution in [0.1, 0.15) is 13.8 Å². The van der Waals surface area contributed by atoms with Crippen LogP contribution in [0.5, 0.6) is 0 Å². The predicted octanol–water partition coefficient (Wildman–Crippen LogP) is 8.06. The van der Waals surface area contributed by atoms with E-state index in [9.17, 15) is 0 Å². The van der Waals surface area contributed by atoms with E-state index < -0.39 is 20.8 Å². The molecular formula is C22H24Cl2SiZr. The molecule has 0 aromatic heterocycles. The van der Waals surface area contributed by atoms with E-state index in [4.69, 9.17) is 17.0 Å². The van der Waals surface area contributed by atoms with Crippen molar-refractivity contribution in [1.82, 2.24) is 0 Å². The first-order valence-corrected chi connectivity index (χ1v) is 16.4. The Kier molecular flexibility index (Phi) is 13.9. The molecule has 4 aromatic rings. The quantitative estimate of drug-likeness (QED) is 0.202. The first kappa shape index (κ1) is 23.4. The average molecular weight is 479 g/mol. The van der Waals surface area contributed by atoms with Crippen LogP contribution in [0.4, 0.5) is 0 Å². The van der Waals surface area contributed by atoms with E-state index in [0.717, 1.165) is 0 Å². The van der Waals surface area contributed by atoms with Crippen molar-refractivity contribution in [2.75, 3.05) is 0 Å². The van der Waals surface area contributed by atoms with E-state index in [1.54, 1.807) is 0 Å². The minimum absolute atomic E-state index is 0.826. The van der Waals surface area contributed by atoms with E-state index in [0.29, 0.717) is 0 Å². The summed E-state index contributed by atoms with van der Waals surface area (Å²) >= 11 is -0.826. The molecule has 0 bridgehead atoms. The van der Waals surface area contributed by atoms with Crippen LogP contribution in [0.2, 0.25) is 12.1 Å². The van der Waals surface area contributed by atoms with Crippen LogP contribution in [0.15, 0.2) is 84.9 Å². The molecule has 0 unspecified atom stereocenters. The van der Waals surface area contributed by atoms with Gasteiger partial charge in [0.15, 0.2) is 0 Å². The Labute approximate surface area is 178 Å². The van der Waals surface area contributed by atoms with Crippen LogP contribution >= 0.6 is 17.0 Å². The molecule has 4 rings (SSSR count). The van der Waals surface area contributed by atoms with Gasteiger partial charge in [-0.1, -0.05) is 38.1 Å². The van der Waals surface area contributed by atoms with Gasteiger partial charge in [0.05, 0.1) is 0 Å². The standard InChI is InChI=1S/2C9H7.C4H10Si.2ClH.Zr/c2*1-2-5-9-7-3-6-8(9)4-1;1-3-5-4-2;;;/h2*1-7H;3-4H2,1-2H3;2*1H;/q2*-1;;;;+4/p-2. The molecular weight excluding hydrogens is 454 g/mol. The summed E-state index contributed by atoms with van der Waals surface area (Å²) < 4.78 is 0. The summed E-state index contributed by atoms with van der Waals surface area (Å²) in [5, 5.41) is 5.32. The minimum atomic E-state index is -0.826. The third-order valence-corrected chi connectivity index (χ3v) is 4.60. The molecule has 0 saturated heterocycles. The number of halogens is 2. The molecule has 0 atom stereocenters. The van der Waals surface area contributed by atoms with Crippen molar-refractivity contribution in [1.29, 1.82) is 0 Å². The van der Waals surface area contributed by atoms with Crippen LogP contribution in [0.3, 0.4) is 0 Å². The van der Waals surface area contributed by atoms with E-state index in [1.807, 2.05) is 0 Å². The Bertz CT molecular complexity index is 694. The Hall–Kier alpha value is -0.660. The van der Waals surface area contributed by atoms with Crippen molar-refractivity contribution in [2.24, 2.45) is 0 Å². The maximum absolute atomic E-state index is 4.93. The second-order valence-electron chi connectivity index (χ2n) is 5.34. The van der Waals surface area contributed by atoms with Gasteiger partial charge in [-0.3, -0.25) is 0 Å². The zero-order valence-electron chi connectivity index (χ0n) is 15.3. The second-order valence-corrected chi connectivity index (χ2v) is 11.0. The first-order chi connectivity index (χ1) is 12.8. The van der Waals surface area contributed by atoms with Crippen LogP contribution in [0.25, 0.3) is 21.5 Å². The Balaban J connectivity index is 0.000000189. The molecule has 4 heteroatoms. The molecule has 0 fully saturated rings. The maximum Gasteiger partial charge on any atom is -0.0809 e. The Morgan fingerprint density at radius 3 is 1.42 bits per heavy atom. The van der Waals surface area contributed by atoms with Crippen molar-refractivity contribution in [3.63, 3.8) is 0 Å². The number of benzene rings is 2. The summed E-state index contributed by atoms with van der Waals surface area (Å²) in [6.45, 7) is 4.45. The summed E-state index contributed by atoms with van der Waals surface area (Å²) in [7, 11) is 11.1. The molecule has 0 spiro atoms. The zero-order chi connectivity index (χ0) is 19.0. The second kappa shape index (κ2) is 15.4. The van der Waals surface area contributed by atoms with E-state index >= 15 is 0 Å². The molecule has 0 nitrogen and oxygen atoms in total. The molecule has 0 aliphatic rings. The van der Waals surface area contributed by atoms with Crippen LogP contribution in [0, 0.1) is 0 Å². The van der Waals surface area contributed by atoms with Crippen LogP contribution < -0.4 is 0 Å². The van der Waals surface area contributed by atoms with Gasteiger partial charge in [-0.05, 0) is 0 Å². The molecule has 26 heavy (non-hydrogen) atoms. The van der Waals surface area contributed by atoms with Crippen molar-refractivity contribution in [3.05, 3.63) is 84.9 Å². The van der Waals surface area contributed by atoms with Gasteiger partial charge in [-0.2, -0.15) is 35.0 Å². The molecule has 4 aromatic carbocycles. The molecule has 0 heterocycles. The summed E-state index contributed by atoms with van der Waals surface area (Å²) in [4.78, 5) is 0. The van der Waals surface area contributed by atoms with E-state index in [-0.39, 0.29) is 0 Å². The van der Waals surface area contributed by atoms with Gasteiger partial charge in [0.25, 0.3) is 0 Å². The molecule has 0 saturated carbocycles. The van der Waals surface area contributed by atoms with Gasteiger partial charge in [0.2, 0.25) is 0 Å². The SMILES string of the molecule is CC[Si]CC.[Cl][Zr+2][Cl].c1ccc2[cH-]ccc2c1.c1ccc2[cH-]ccc2c1. The van der Waals surface area contributed by atoms with Crippen molar-refractivity contribution < 1.29 is 20.8 Å². The fourth-order valence-electron chi connectivity index (χ4n) is 2.39. The fraction of sp³-hybridized carbons (Fsp3) is 0.182. The molecule has 134 valence electrons. The van der Waals surface area contributed by atoms with Gasteiger partial charge in [-0.25, -0.2) is 0 Å². The third kappa shape index (κ3) is 9.33. The third-order valence-electron chi connectivity index (χ3n) is 3.60. The largest absolute Gasteiger partial charge is 0.168 e. The fourth-order valence-corrected chi connectivity index (χ4v) is 2.89. The minimum Gasteiger partial charge on any atom is -0.168 e. The summed E-state index contributed by atoms with van der Waals surface area (Å²) in [6, 6.07) is 32.1. The Morgan fingerprint density at radius 2 is 1.12 bits per heavy atom. The van der Waals surface area contributed by atoms with Gasteiger partial charge in [0.1, 0.15) is 0 Å². The summed E-state index contributed by atoms with van der Waals surface area (Å²) in [5.74, 6) is 0. The predicted molar refractivity (Wildman–Crippen MR) is 118 cm³/mol. The van der Waals surface area contributed by atoms with Crippen molar-refractivity contribution >= 4 is 48.1 Å². The monoisotopic (exact) mass is 476 g/mol. The summed E-state index contributed by atoms with van der Waals surface area (Å²) in [6.07, 6.45) is 0. The first-order valence-electron chi connectivity index (χ1n) is 8.64. The number of fused-ring (bicyclic) bond motifs is 2. The average Bonchev–Trinajstić information content (AvgIpc) is 3.33. The van der Waals surface area contributed by atoms with Gasteiger partial charge >= 0.3 is 37.9 Å². The molecule has 0 amide bonds. The number of rotatable bonds is 2. The number of hydrogen-bond acceptors (Lipinski definition) is 0. The van der Waals surface area contributed by atoms with E-state index in [1.165, 1.54) is 43.2 Å². The molecule has 2 radical (unpaired) electrons. The van der Waals surface area contributed by atoms with Crippen LogP contribution in [-0.4, -0.2) is 9.52 Å². The normalized spacial score (nSPS) is 9.08. The maximum atomic E-state index is 4.93. The van der Waals surface area contributed by atoms with Gasteiger partial charge in [0, 0.05) is 9.52 Å². The number of hydrogen-bond donors (Lipinski definition) is 0. The summed E-state index contributed by atoms with van der Waals surface area (Å²) in [5.41, 5.74) is 0. The van der Waals surface area contributed by atoms with E-state index in [2.05, 4.69) is 98.8 Å². The van der Waals surface area contributed by atoms with Crippen molar-refractivity contribution in [3.8, 4) is 0 Å². The van der Waals surface area contributed by atoms with Crippen LogP contribution in [-0.2, 0) is 20.8 Å². The van der Waals surface area contributed by atoms with Gasteiger partial charge in [-0.15, -0.1) is 59.3 Å². The van der Waals surface area contributed by atoms with Crippen molar-refractivity contribution in [2.45, 2.75) is 25.9 Å². The Morgan fingerprint density at radius 1 is 0.731 bits per heavy atom. The molecule has 0 aliphatic carbocycles. The van der Waals surface area contributed by atoms with Gasteiger partial charge < -0.3 is 0 Å². The molecule has 0 aliphatic heterocycles. The topological polar surface area (TPSA) is 0 Å². The molecule has 0 N–H and O–H groups in total. The smallest absolute Gasteiger partial charge is 0.0809 e. The zero-order valence-corrected chi connectivity index (χ0v) is 20.2.